The van der Waals surface area contributed by atoms with Crippen molar-refractivity contribution in [2.45, 2.75) is 10.4 Å². The van der Waals surface area contributed by atoms with Crippen LogP contribution in [0, 0.1) is 5.82 Å². The van der Waals surface area contributed by atoms with Crippen LogP contribution in [0.1, 0.15) is 0 Å². The van der Waals surface area contributed by atoms with Gasteiger partial charge in [0, 0.05) is 0 Å². The van der Waals surface area contributed by atoms with Crippen LogP contribution in [0.25, 0.3) is 0 Å². The van der Waals surface area contributed by atoms with Gasteiger partial charge in [-0.05, 0) is 23.9 Å². The van der Waals surface area contributed by atoms with Gasteiger partial charge >= 0.3 is 5.51 Å². The number of hydrogen-bond acceptors (Lipinski definition) is 3. The van der Waals surface area contributed by atoms with E-state index >= 15 is 0 Å². The topological polar surface area (TPSA) is 18.5 Å². The lowest BCUT2D eigenvalue weighted by molar-refractivity contribution is -0.0329. The Morgan fingerprint density at radius 2 is 1.75 bits per heavy atom. The zero-order chi connectivity index (χ0) is 12.3. The zero-order valence-corrected chi connectivity index (χ0v) is 9.21. The van der Waals surface area contributed by atoms with Gasteiger partial charge in [0.1, 0.15) is 0 Å². The van der Waals surface area contributed by atoms with Gasteiger partial charge in [-0.2, -0.15) is 17.6 Å². The van der Waals surface area contributed by atoms with Gasteiger partial charge in [0.15, 0.2) is 11.5 Å². The second-order valence-corrected chi connectivity index (χ2v) is 3.77. The molecule has 0 saturated heterocycles. The summed E-state index contributed by atoms with van der Waals surface area (Å²) in [5.74, 6) is -1.58. The van der Waals surface area contributed by atoms with Gasteiger partial charge in [-0.15, -0.1) is 0 Å². The minimum atomic E-state index is -4.49. The molecule has 0 aliphatic heterocycles. The van der Waals surface area contributed by atoms with Crippen molar-refractivity contribution in [2.75, 3.05) is 14.2 Å². The number of benzene rings is 1. The lowest BCUT2D eigenvalue weighted by Crippen LogP contribution is -2.02. The Hall–Kier alpha value is -1.11. The second kappa shape index (κ2) is 4.82. The molecule has 7 heteroatoms. The van der Waals surface area contributed by atoms with E-state index in [2.05, 4.69) is 9.47 Å². The largest absolute Gasteiger partial charge is 0.494 e. The number of thioether (sulfide) groups is 1. The molecular formula is C9H8F4O2S. The van der Waals surface area contributed by atoms with Crippen molar-refractivity contribution in [3.05, 3.63) is 17.9 Å². The van der Waals surface area contributed by atoms with Gasteiger partial charge in [0.05, 0.1) is 19.1 Å². The first-order valence-corrected chi connectivity index (χ1v) is 4.87. The maximum absolute atomic E-state index is 13.5. The monoisotopic (exact) mass is 256 g/mol. The van der Waals surface area contributed by atoms with Crippen molar-refractivity contribution in [1.82, 2.24) is 0 Å². The molecule has 1 aromatic carbocycles. The summed E-state index contributed by atoms with van der Waals surface area (Å²) in [5.41, 5.74) is -4.49. The van der Waals surface area contributed by atoms with Crippen LogP contribution in [0.4, 0.5) is 17.6 Å². The average Bonchev–Trinajstić information content (AvgIpc) is 2.16. The predicted molar refractivity (Wildman–Crippen MR) is 51.4 cm³/mol. The fourth-order valence-corrected chi connectivity index (χ4v) is 1.72. The lowest BCUT2D eigenvalue weighted by atomic mass is 10.3. The number of alkyl halides is 3. The van der Waals surface area contributed by atoms with Crippen molar-refractivity contribution >= 4 is 11.8 Å². The molecule has 1 aromatic rings. The van der Waals surface area contributed by atoms with E-state index in [0.717, 1.165) is 19.2 Å². The van der Waals surface area contributed by atoms with Crippen molar-refractivity contribution < 1.29 is 27.0 Å². The van der Waals surface area contributed by atoms with Crippen molar-refractivity contribution in [1.29, 1.82) is 0 Å². The summed E-state index contributed by atoms with van der Waals surface area (Å²) in [6.07, 6.45) is 0. The molecule has 0 bridgehead atoms. The Kier molecular flexibility index (Phi) is 3.90. The van der Waals surface area contributed by atoms with Crippen LogP contribution >= 0.6 is 11.8 Å². The molecule has 0 atom stereocenters. The van der Waals surface area contributed by atoms with Crippen LogP contribution in [0.2, 0.25) is 0 Å². The molecule has 0 aliphatic rings. The molecule has 0 aromatic heterocycles. The molecule has 90 valence electrons. The highest BCUT2D eigenvalue weighted by molar-refractivity contribution is 8.00. The normalized spacial score (nSPS) is 11.4. The van der Waals surface area contributed by atoms with Crippen LogP contribution < -0.4 is 9.47 Å². The van der Waals surface area contributed by atoms with E-state index in [9.17, 15) is 17.6 Å². The van der Waals surface area contributed by atoms with Gasteiger partial charge in [-0.25, -0.2) is 0 Å². The quantitative estimate of drug-likeness (QED) is 0.609. The first-order chi connectivity index (χ1) is 7.39. The summed E-state index contributed by atoms with van der Waals surface area (Å²) < 4.78 is 59.1. The molecule has 16 heavy (non-hydrogen) atoms. The summed E-state index contributed by atoms with van der Waals surface area (Å²) in [7, 11) is 2.31. The fourth-order valence-electron chi connectivity index (χ4n) is 1.07. The van der Waals surface area contributed by atoms with Gasteiger partial charge in [-0.3, -0.25) is 0 Å². The number of ether oxygens (including phenoxy) is 2. The number of methoxy groups -OCH3 is 2. The number of hydrogen-bond donors (Lipinski definition) is 0. The molecular weight excluding hydrogens is 248 g/mol. The van der Waals surface area contributed by atoms with Crippen molar-refractivity contribution in [3.8, 4) is 11.5 Å². The van der Waals surface area contributed by atoms with Gasteiger partial charge < -0.3 is 9.47 Å². The van der Waals surface area contributed by atoms with Crippen LogP contribution in [0.5, 0.6) is 11.5 Å². The molecule has 0 aliphatic carbocycles. The van der Waals surface area contributed by atoms with E-state index < -0.39 is 28.8 Å². The van der Waals surface area contributed by atoms with Gasteiger partial charge in [0.2, 0.25) is 5.82 Å². The fraction of sp³-hybridized carbons (Fsp3) is 0.333. The molecule has 0 N–H and O–H groups in total. The summed E-state index contributed by atoms with van der Waals surface area (Å²) >= 11 is -0.435. The van der Waals surface area contributed by atoms with E-state index in [-0.39, 0.29) is 10.6 Å². The highest BCUT2D eigenvalue weighted by Crippen LogP contribution is 2.44. The SMILES string of the molecule is COc1ccc(SC(F)(F)F)c(OC)c1F. The molecule has 0 heterocycles. The summed E-state index contributed by atoms with van der Waals surface area (Å²) in [5, 5.41) is 0. The van der Waals surface area contributed by atoms with E-state index in [4.69, 9.17) is 0 Å². The first kappa shape index (κ1) is 13.0. The van der Waals surface area contributed by atoms with Crippen molar-refractivity contribution in [2.24, 2.45) is 0 Å². The van der Waals surface area contributed by atoms with E-state index in [1.807, 2.05) is 0 Å². The maximum Gasteiger partial charge on any atom is 0.446 e. The summed E-state index contributed by atoms with van der Waals surface area (Å²) in [6, 6.07) is 2.21. The van der Waals surface area contributed by atoms with Crippen LogP contribution in [0.15, 0.2) is 17.0 Å². The lowest BCUT2D eigenvalue weighted by Gasteiger charge is -2.12. The number of halogens is 4. The third-order valence-electron chi connectivity index (χ3n) is 1.68. The maximum atomic E-state index is 13.5. The summed E-state index contributed by atoms with van der Waals surface area (Å²) in [4.78, 5) is -0.340. The first-order valence-electron chi connectivity index (χ1n) is 4.05. The van der Waals surface area contributed by atoms with Crippen LogP contribution in [-0.2, 0) is 0 Å². The van der Waals surface area contributed by atoms with Crippen LogP contribution in [-0.4, -0.2) is 19.7 Å². The van der Waals surface area contributed by atoms with Crippen LogP contribution in [0.3, 0.4) is 0 Å². The molecule has 0 radical (unpaired) electrons. The Morgan fingerprint density at radius 3 is 2.19 bits per heavy atom. The summed E-state index contributed by atoms with van der Waals surface area (Å²) in [6.45, 7) is 0. The minimum Gasteiger partial charge on any atom is -0.494 e. The zero-order valence-electron chi connectivity index (χ0n) is 8.39. The smallest absolute Gasteiger partial charge is 0.446 e. The highest BCUT2D eigenvalue weighted by atomic mass is 32.2. The van der Waals surface area contributed by atoms with E-state index in [1.165, 1.54) is 7.11 Å². The third-order valence-corrected chi connectivity index (χ3v) is 2.45. The molecule has 0 fully saturated rings. The van der Waals surface area contributed by atoms with E-state index in [0.29, 0.717) is 0 Å². The minimum absolute atomic E-state index is 0.164. The molecule has 0 saturated carbocycles. The third kappa shape index (κ3) is 2.94. The Bertz CT molecular complexity index is 379. The Morgan fingerprint density at radius 1 is 1.12 bits per heavy atom. The highest BCUT2D eigenvalue weighted by Gasteiger charge is 2.32. The van der Waals surface area contributed by atoms with Gasteiger partial charge in [0.25, 0.3) is 0 Å². The van der Waals surface area contributed by atoms with Gasteiger partial charge in [-0.1, -0.05) is 0 Å². The Balaban J connectivity index is 3.16. The molecule has 2 nitrogen and oxygen atoms in total. The van der Waals surface area contributed by atoms with Crippen molar-refractivity contribution in [3.63, 3.8) is 0 Å². The predicted octanol–water partition coefficient (Wildman–Crippen LogP) is 3.45. The number of rotatable bonds is 3. The molecule has 0 spiro atoms. The van der Waals surface area contributed by atoms with E-state index in [1.54, 1.807) is 0 Å². The standard InChI is InChI=1S/C9H8F4O2S/c1-14-5-3-4-6(16-9(11,12)13)8(15-2)7(5)10/h3-4H,1-2H3. The molecule has 1 rings (SSSR count). The molecule has 0 unspecified atom stereocenters. The average molecular weight is 256 g/mol. The second-order valence-electron chi connectivity index (χ2n) is 2.66. The Labute approximate surface area is 93.5 Å². The molecule has 0 amide bonds.